The molecular formula is C15H24N2. The molecule has 1 N–H and O–H groups in total. The van der Waals surface area contributed by atoms with E-state index >= 15 is 0 Å². The summed E-state index contributed by atoms with van der Waals surface area (Å²) in [5, 5.41) is 3.36. The zero-order valence-electron chi connectivity index (χ0n) is 11.3. The number of anilines is 1. The van der Waals surface area contributed by atoms with Crippen LogP contribution in [0.25, 0.3) is 0 Å². The third kappa shape index (κ3) is 4.61. The van der Waals surface area contributed by atoms with Crippen LogP contribution in [0.1, 0.15) is 26.3 Å². The molecule has 0 spiro atoms. The highest BCUT2D eigenvalue weighted by molar-refractivity contribution is 5.47. The molecule has 17 heavy (non-hydrogen) atoms. The average Bonchev–Trinajstić information content (AvgIpc) is 2.32. The minimum atomic E-state index is 0.887. The smallest absolute Gasteiger partial charge is 0.0366 e. The average molecular weight is 232 g/mol. The number of hydrogen-bond acceptors (Lipinski definition) is 2. The van der Waals surface area contributed by atoms with Gasteiger partial charge < -0.3 is 10.2 Å². The molecule has 0 aliphatic rings. The maximum absolute atomic E-state index is 3.88. The molecule has 0 atom stereocenters. The Morgan fingerprint density at radius 2 is 1.76 bits per heavy atom. The van der Waals surface area contributed by atoms with Gasteiger partial charge in [-0.25, -0.2) is 0 Å². The standard InChI is InChI=1S/C15H24N2/c1-5-17(6-2)15-9-7-14(8-10-15)12-16-11-13(3)4/h7-10,16H,3,5-6,11-12H2,1-2,4H3. The predicted molar refractivity (Wildman–Crippen MR) is 76.5 cm³/mol. The Labute approximate surface area is 105 Å². The third-order valence-corrected chi connectivity index (χ3v) is 2.82. The molecule has 0 saturated carbocycles. The van der Waals surface area contributed by atoms with Gasteiger partial charge in [-0.05, 0) is 38.5 Å². The van der Waals surface area contributed by atoms with E-state index in [2.05, 4.69) is 54.9 Å². The lowest BCUT2D eigenvalue weighted by molar-refractivity contribution is 0.740. The Bertz CT molecular complexity index is 336. The largest absolute Gasteiger partial charge is 0.372 e. The van der Waals surface area contributed by atoms with Crippen molar-refractivity contribution in [2.24, 2.45) is 0 Å². The molecule has 0 fully saturated rings. The molecule has 0 aliphatic carbocycles. The van der Waals surface area contributed by atoms with Crippen molar-refractivity contribution in [3.05, 3.63) is 42.0 Å². The van der Waals surface area contributed by atoms with Crippen molar-refractivity contribution in [2.45, 2.75) is 27.3 Å². The van der Waals surface area contributed by atoms with Gasteiger partial charge in [-0.2, -0.15) is 0 Å². The number of rotatable bonds is 7. The van der Waals surface area contributed by atoms with Gasteiger partial charge in [0.15, 0.2) is 0 Å². The summed E-state index contributed by atoms with van der Waals surface area (Å²) in [5.41, 5.74) is 3.80. The summed E-state index contributed by atoms with van der Waals surface area (Å²) in [7, 11) is 0. The fourth-order valence-corrected chi connectivity index (χ4v) is 1.83. The zero-order valence-corrected chi connectivity index (χ0v) is 11.3. The van der Waals surface area contributed by atoms with Crippen molar-refractivity contribution in [3.63, 3.8) is 0 Å². The molecule has 0 amide bonds. The Morgan fingerprint density at radius 1 is 1.18 bits per heavy atom. The van der Waals surface area contributed by atoms with E-state index in [-0.39, 0.29) is 0 Å². The van der Waals surface area contributed by atoms with Crippen LogP contribution in [0.15, 0.2) is 36.4 Å². The van der Waals surface area contributed by atoms with E-state index in [4.69, 9.17) is 0 Å². The summed E-state index contributed by atoms with van der Waals surface area (Å²) in [6.07, 6.45) is 0. The van der Waals surface area contributed by atoms with Crippen molar-refractivity contribution in [2.75, 3.05) is 24.5 Å². The van der Waals surface area contributed by atoms with Gasteiger partial charge in [-0.15, -0.1) is 0 Å². The Kier molecular flexibility index (Phi) is 5.78. The summed E-state index contributed by atoms with van der Waals surface area (Å²) < 4.78 is 0. The highest BCUT2D eigenvalue weighted by atomic mass is 15.1. The first-order chi connectivity index (χ1) is 8.17. The summed E-state index contributed by atoms with van der Waals surface area (Å²) in [5.74, 6) is 0. The summed E-state index contributed by atoms with van der Waals surface area (Å²) in [6, 6.07) is 8.79. The Hall–Kier alpha value is -1.28. The van der Waals surface area contributed by atoms with Crippen LogP contribution < -0.4 is 10.2 Å². The van der Waals surface area contributed by atoms with Crippen molar-refractivity contribution >= 4 is 5.69 Å². The van der Waals surface area contributed by atoms with Gasteiger partial charge in [0.05, 0.1) is 0 Å². The molecule has 0 unspecified atom stereocenters. The lowest BCUT2D eigenvalue weighted by Gasteiger charge is -2.21. The lowest BCUT2D eigenvalue weighted by atomic mass is 10.2. The second-order valence-electron chi connectivity index (χ2n) is 4.40. The van der Waals surface area contributed by atoms with E-state index in [9.17, 15) is 0 Å². The first-order valence-corrected chi connectivity index (χ1v) is 6.36. The van der Waals surface area contributed by atoms with Gasteiger partial charge in [0.2, 0.25) is 0 Å². The summed E-state index contributed by atoms with van der Waals surface area (Å²) in [4.78, 5) is 2.35. The maximum Gasteiger partial charge on any atom is 0.0366 e. The minimum Gasteiger partial charge on any atom is -0.372 e. The van der Waals surface area contributed by atoms with Crippen molar-refractivity contribution < 1.29 is 0 Å². The predicted octanol–water partition coefficient (Wildman–Crippen LogP) is 3.20. The fourth-order valence-electron chi connectivity index (χ4n) is 1.83. The van der Waals surface area contributed by atoms with E-state index < -0.39 is 0 Å². The highest BCUT2D eigenvalue weighted by Gasteiger charge is 2.00. The van der Waals surface area contributed by atoms with E-state index in [0.29, 0.717) is 0 Å². The number of nitrogens with zero attached hydrogens (tertiary/aromatic N) is 1. The zero-order chi connectivity index (χ0) is 12.7. The number of hydrogen-bond donors (Lipinski definition) is 1. The monoisotopic (exact) mass is 232 g/mol. The van der Waals surface area contributed by atoms with Crippen LogP contribution in [0, 0.1) is 0 Å². The van der Waals surface area contributed by atoms with E-state index in [1.807, 2.05) is 6.92 Å². The molecule has 1 aromatic rings. The first kappa shape index (κ1) is 13.8. The number of nitrogens with one attached hydrogen (secondary N) is 1. The van der Waals surface area contributed by atoms with Crippen LogP contribution in [-0.4, -0.2) is 19.6 Å². The van der Waals surface area contributed by atoms with Crippen LogP contribution in [-0.2, 0) is 6.54 Å². The minimum absolute atomic E-state index is 0.887. The molecule has 0 aliphatic heterocycles. The van der Waals surface area contributed by atoms with Gasteiger partial charge >= 0.3 is 0 Å². The molecule has 0 aromatic heterocycles. The van der Waals surface area contributed by atoms with Crippen LogP contribution in [0.4, 0.5) is 5.69 Å². The van der Waals surface area contributed by atoms with E-state index in [1.54, 1.807) is 0 Å². The lowest BCUT2D eigenvalue weighted by Crippen LogP contribution is -2.21. The maximum atomic E-state index is 3.88. The Balaban J connectivity index is 2.52. The van der Waals surface area contributed by atoms with Crippen LogP contribution in [0.3, 0.4) is 0 Å². The molecule has 0 saturated heterocycles. The first-order valence-electron chi connectivity index (χ1n) is 6.36. The van der Waals surface area contributed by atoms with E-state index in [0.717, 1.165) is 26.2 Å². The van der Waals surface area contributed by atoms with Gasteiger partial charge in [0, 0.05) is 31.9 Å². The molecule has 1 rings (SSSR count). The Morgan fingerprint density at radius 3 is 2.24 bits per heavy atom. The quantitative estimate of drug-likeness (QED) is 0.726. The molecule has 94 valence electrons. The molecule has 0 heterocycles. The second kappa shape index (κ2) is 7.13. The van der Waals surface area contributed by atoms with Gasteiger partial charge in [0.25, 0.3) is 0 Å². The normalized spacial score (nSPS) is 10.3. The summed E-state index contributed by atoms with van der Waals surface area (Å²) in [6.45, 7) is 14.2. The van der Waals surface area contributed by atoms with Crippen LogP contribution >= 0.6 is 0 Å². The fraction of sp³-hybridized carbons (Fsp3) is 0.467. The van der Waals surface area contributed by atoms with Crippen LogP contribution in [0.2, 0.25) is 0 Å². The highest BCUT2D eigenvalue weighted by Crippen LogP contribution is 2.14. The molecule has 1 aromatic carbocycles. The molecule has 2 nitrogen and oxygen atoms in total. The molecular weight excluding hydrogens is 208 g/mol. The number of benzene rings is 1. The third-order valence-electron chi connectivity index (χ3n) is 2.82. The SMILES string of the molecule is C=C(C)CNCc1ccc(N(CC)CC)cc1. The second-order valence-corrected chi connectivity index (χ2v) is 4.40. The van der Waals surface area contributed by atoms with Crippen molar-refractivity contribution in [3.8, 4) is 0 Å². The van der Waals surface area contributed by atoms with Crippen molar-refractivity contribution in [1.29, 1.82) is 0 Å². The molecule has 2 heteroatoms. The molecule has 0 bridgehead atoms. The molecule has 0 radical (unpaired) electrons. The van der Waals surface area contributed by atoms with Crippen LogP contribution in [0.5, 0.6) is 0 Å². The summed E-state index contributed by atoms with van der Waals surface area (Å²) >= 11 is 0. The van der Waals surface area contributed by atoms with Gasteiger partial charge in [-0.1, -0.05) is 24.3 Å². The van der Waals surface area contributed by atoms with Gasteiger partial charge in [-0.3, -0.25) is 0 Å². The van der Waals surface area contributed by atoms with E-state index in [1.165, 1.54) is 16.8 Å². The topological polar surface area (TPSA) is 15.3 Å². The van der Waals surface area contributed by atoms with Crippen molar-refractivity contribution in [1.82, 2.24) is 5.32 Å². The van der Waals surface area contributed by atoms with Gasteiger partial charge in [0.1, 0.15) is 0 Å².